The van der Waals surface area contributed by atoms with Gasteiger partial charge < -0.3 is 4.42 Å². The van der Waals surface area contributed by atoms with E-state index in [-0.39, 0.29) is 22.0 Å². The SMILES string of the molecule is N#CC(=Cc1ccc(-c2ccc(Cl)c([N+](=O)[O-])c2)o1)C(=O)Nc1ncc(Cc2cc(Cl)ccc2Cl)s1. The highest BCUT2D eigenvalue weighted by Crippen LogP contribution is 2.32. The number of thiazole rings is 1. The lowest BCUT2D eigenvalue weighted by atomic mass is 10.1. The Kier molecular flexibility index (Phi) is 7.72. The van der Waals surface area contributed by atoms with Crippen LogP contribution in [0.15, 0.2) is 64.7 Å². The molecule has 2 heterocycles. The second kappa shape index (κ2) is 10.9. The molecule has 180 valence electrons. The molecule has 0 radical (unpaired) electrons. The van der Waals surface area contributed by atoms with Crippen LogP contribution >= 0.6 is 46.1 Å². The van der Waals surface area contributed by atoms with Crippen molar-refractivity contribution in [2.24, 2.45) is 0 Å². The smallest absolute Gasteiger partial charge is 0.288 e. The molecule has 2 aromatic heterocycles. The van der Waals surface area contributed by atoms with Gasteiger partial charge in [-0.2, -0.15) is 5.26 Å². The normalized spacial score (nSPS) is 11.2. The van der Waals surface area contributed by atoms with E-state index in [1.807, 2.05) is 6.07 Å². The lowest BCUT2D eigenvalue weighted by molar-refractivity contribution is -0.384. The molecule has 1 N–H and O–H groups in total. The van der Waals surface area contributed by atoms with Crippen LogP contribution in [0.25, 0.3) is 17.4 Å². The molecule has 0 saturated heterocycles. The number of nitrogens with one attached hydrogen (secondary N) is 1. The van der Waals surface area contributed by atoms with Gasteiger partial charge in [-0.05, 0) is 48.0 Å². The van der Waals surface area contributed by atoms with Crippen LogP contribution in [0.4, 0.5) is 10.8 Å². The number of halogens is 3. The van der Waals surface area contributed by atoms with E-state index in [4.69, 9.17) is 39.2 Å². The predicted molar refractivity (Wildman–Crippen MR) is 139 cm³/mol. The van der Waals surface area contributed by atoms with Crippen molar-refractivity contribution < 1.29 is 14.1 Å². The zero-order chi connectivity index (χ0) is 25.8. The van der Waals surface area contributed by atoms with E-state index in [2.05, 4.69) is 10.3 Å². The number of carbonyl (C=O) groups is 1. The second-order valence-corrected chi connectivity index (χ2v) is 9.66. The van der Waals surface area contributed by atoms with E-state index < -0.39 is 10.8 Å². The Hall–Kier alpha value is -3.68. The molecule has 0 atom stereocenters. The summed E-state index contributed by atoms with van der Waals surface area (Å²) < 4.78 is 5.66. The zero-order valence-corrected chi connectivity index (χ0v) is 21.1. The highest BCUT2D eigenvalue weighted by atomic mass is 35.5. The molecule has 4 aromatic rings. The van der Waals surface area contributed by atoms with Crippen LogP contribution in [0.5, 0.6) is 0 Å². The number of rotatable bonds is 7. The number of nitrogens with zero attached hydrogens (tertiary/aromatic N) is 3. The monoisotopic (exact) mass is 558 g/mol. The van der Waals surface area contributed by atoms with E-state index in [0.29, 0.717) is 32.9 Å². The number of nitro groups is 1. The van der Waals surface area contributed by atoms with E-state index in [1.165, 1.54) is 35.6 Å². The number of hydrogen-bond donors (Lipinski definition) is 1. The fourth-order valence-corrected chi connectivity index (χ4v) is 4.56. The molecule has 4 rings (SSSR count). The van der Waals surface area contributed by atoms with Crippen LogP contribution in [0.1, 0.15) is 16.2 Å². The summed E-state index contributed by atoms with van der Waals surface area (Å²) in [5.41, 5.74) is 0.764. The summed E-state index contributed by atoms with van der Waals surface area (Å²) in [6, 6.07) is 14.4. The van der Waals surface area contributed by atoms with Gasteiger partial charge in [0.05, 0.1) is 4.92 Å². The van der Waals surface area contributed by atoms with Gasteiger partial charge in [-0.25, -0.2) is 4.98 Å². The first kappa shape index (κ1) is 25.4. The van der Waals surface area contributed by atoms with Crippen molar-refractivity contribution in [3.05, 3.63) is 102 Å². The third-order valence-electron chi connectivity index (χ3n) is 4.85. The molecule has 0 spiro atoms. The molecule has 0 saturated carbocycles. The van der Waals surface area contributed by atoms with Crippen molar-refractivity contribution >= 4 is 68.9 Å². The maximum absolute atomic E-state index is 12.6. The van der Waals surface area contributed by atoms with Gasteiger partial charge in [-0.3, -0.25) is 20.2 Å². The van der Waals surface area contributed by atoms with Gasteiger partial charge in [-0.15, -0.1) is 11.3 Å². The van der Waals surface area contributed by atoms with Gasteiger partial charge in [-0.1, -0.05) is 34.8 Å². The summed E-state index contributed by atoms with van der Waals surface area (Å²) in [6.07, 6.45) is 3.35. The summed E-state index contributed by atoms with van der Waals surface area (Å²) >= 11 is 19.3. The van der Waals surface area contributed by atoms with E-state index in [1.54, 1.807) is 36.5 Å². The Labute approximate surface area is 223 Å². The second-order valence-electron chi connectivity index (χ2n) is 7.29. The average molecular weight is 560 g/mol. The molecule has 0 bridgehead atoms. The van der Waals surface area contributed by atoms with Gasteiger partial charge >= 0.3 is 0 Å². The number of hydrogen-bond acceptors (Lipinski definition) is 7. The molecule has 1 amide bonds. The number of carbonyl (C=O) groups excluding carboxylic acids is 1. The largest absolute Gasteiger partial charge is 0.457 e. The molecule has 12 heteroatoms. The number of aromatic nitrogens is 1. The van der Waals surface area contributed by atoms with Gasteiger partial charge in [0.15, 0.2) is 5.13 Å². The minimum Gasteiger partial charge on any atom is -0.457 e. The first-order valence-electron chi connectivity index (χ1n) is 10.1. The zero-order valence-electron chi connectivity index (χ0n) is 18.0. The molecular weight excluding hydrogens is 547 g/mol. The Balaban J connectivity index is 1.48. The summed E-state index contributed by atoms with van der Waals surface area (Å²) in [4.78, 5) is 28.2. The van der Waals surface area contributed by atoms with Crippen molar-refractivity contribution in [3.8, 4) is 17.4 Å². The molecule has 0 aliphatic rings. The van der Waals surface area contributed by atoms with Crippen LogP contribution in [0, 0.1) is 21.4 Å². The van der Waals surface area contributed by atoms with Gasteiger partial charge in [0.2, 0.25) is 0 Å². The Morgan fingerprint density at radius 2 is 1.94 bits per heavy atom. The highest BCUT2D eigenvalue weighted by molar-refractivity contribution is 7.15. The summed E-state index contributed by atoms with van der Waals surface area (Å²) in [5.74, 6) is -0.146. The van der Waals surface area contributed by atoms with Crippen LogP contribution in [-0.2, 0) is 11.2 Å². The number of nitro benzene ring substituents is 1. The maximum Gasteiger partial charge on any atom is 0.288 e. The highest BCUT2D eigenvalue weighted by Gasteiger charge is 2.17. The van der Waals surface area contributed by atoms with Crippen molar-refractivity contribution in [1.29, 1.82) is 5.26 Å². The molecule has 0 aliphatic heterocycles. The van der Waals surface area contributed by atoms with E-state index in [9.17, 15) is 20.2 Å². The number of nitriles is 1. The maximum atomic E-state index is 12.6. The summed E-state index contributed by atoms with van der Waals surface area (Å²) in [6.45, 7) is 0. The minimum atomic E-state index is -0.667. The van der Waals surface area contributed by atoms with Crippen molar-refractivity contribution in [2.75, 3.05) is 5.32 Å². The fraction of sp³-hybridized carbons (Fsp3) is 0.0417. The first-order chi connectivity index (χ1) is 17.2. The van der Waals surface area contributed by atoms with Gasteiger partial charge in [0.25, 0.3) is 11.6 Å². The fourth-order valence-electron chi connectivity index (χ4n) is 3.16. The third-order valence-corrected chi connectivity index (χ3v) is 6.69. The molecule has 2 aromatic carbocycles. The molecule has 0 unspecified atom stereocenters. The Morgan fingerprint density at radius 1 is 1.17 bits per heavy atom. The predicted octanol–water partition coefficient (Wildman–Crippen LogP) is 7.41. The first-order valence-corrected chi connectivity index (χ1v) is 12.0. The Morgan fingerprint density at radius 3 is 2.69 bits per heavy atom. The number of anilines is 1. The van der Waals surface area contributed by atoms with Gasteiger partial charge in [0.1, 0.15) is 28.2 Å². The lowest BCUT2D eigenvalue weighted by Crippen LogP contribution is -2.13. The molecule has 0 fully saturated rings. The Bertz CT molecular complexity index is 1550. The van der Waals surface area contributed by atoms with Crippen LogP contribution in [0.2, 0.25) is 15.1 Å². The standard InChI is InChI=1S/C24H13Cl3N4O4S/c25-16-2-5-19(26)14(7-16)9-18-12-29-24(36-18)30-23(32)15(11-28)8-17-3-6-22(35-17)13-1-4-20(27)21(10-13)31(33)34/h1-8,10,12H,9H2,(H,29,30,32). The van der Waals surface area contributed by atoms with Gasteiger partial charge in [0, 0.05) is 45.2 Å². The average Bonchev–Trinajstić information content (AvgIpc) is 3.49. The van der Waals surface area contributed by atoms with Crippen molar-refractivity contribution in [3.63, 3.8) is 0 Å². The molecule has 36 heavy (non-hydrogen) atoms. The van der Waals surface area contributed by atoms with Crippen LogP contribution in [0.3, 0.4) is 0 Å². The minimum absolute atomic E-state index is 0.000119. The van der Waals surface area contributed by atoms with Crippen LogP contribution in [-0.4, -0.2) is 15.8 Å². The van der Waals surface area contributed by atoms with Crippen molar-refractivity contribution in [1.82, 2.24) is 4.98 Å². The van der Waals surface area contributed by atoms with E-state index >= 15 is 0 Å². The van der Waals surface area contributed by atoms with E-state index in [0.717, 1.165) is 10.4 Å². The molecule has 8 nitrogen and oxygen atoms in total. The summed E-state index contributed by atoms with van der Waals surface area (Å²) in [7, 11) is 0. The quantitative estimate of drug-likeness (QED) is 0.109. The third kappa shape index (κ3) is 5.93. The lowest BCUT2D eigenvalue weighted by Gasteiger charge is -2.02. The molecule has 0 aliphatic carbocycles. The number of benzene rings is 2. The topological polar surface area (TPSA) is 122 Å². The number of furan rings is 1. The van der Waals surface area contributed by atoms with Crippen LogP contribution < -0.4 is 5.32 Å². The number of amides is 1. The van der Waals surface area contributed by atoms with Crippen molar-refractivity contribution in [2.45, 2.75) is 6.42 Å². The summed E-state index contributed by atoms with van der Waals surface area (Å²) in [5, 5.41) is 24.7. The molecular formula is C24H13Cl3N4O4S.